The molecule has 1 fully saturated rings. The number of hydrogen-bond acceptors (Lipinski definition) is 5. The molecule has 32 heavy (non-hydrogen) atoms. The number of anilines is 1. The number of nitrogens with zero attached hydrogens (tertiary/aromatic N) is 3. The minimum atomic E-state index is -0.324. The summed E-state index contributed by atoms with van der Waals surface area (Å²) in [6, 6.07) is 11.2. The highest BCUT2D eigenvalue weighted by Crippen LogP contribution is 2.37. The van der Waals surface area contributed by atoms with Crippen molar-refractivity contribution < 1.29 is 14.7 Å². The normalized spacial score (nSPS) is 17.7. The number of carbonyl (C=O) groups is 2. The van der Waals surface area contributed by atoms with Crippen LogP contribution in [0.25, 0.3) is 5.57 Å². The number of aliphatic hydroxyl groups is 1. The van der Waals surface area contributed by atoms with Crippen LogP contribution in [-0.4, -0.2) is 66.1 Å². The summed E-state index contributed by atoms with van der Waals surface area (Å²) in [5, 5.41) is 9.75. The van der Waals surface area contributed by atoms with Gasteiger partial charge in [-0.05, 0) is 49.6 Å². The molecule has 0 spiro atoms. The summed E-state index contributed by atoms with van der Waals surface area (Å²) in [7, 11) is 0. The molecule has 0 unspecified atom stereocenters. The predicted molar refractivity (Wildman–Crippen MR) is 127 cm³/mol. The fourth-order valence-electron chi connectivity index (χ4n) is 4.44. The summed E-state index contributed by atoms with van der Waals surface area (Å²) >= 11 is 6.32. The SMILES string of the molecule is Cc1ccc(C2=C(N3CCN(CCO)CC3)C(=O)N(c3ccc(C)c(Cl)c3)C2=O)c(C)c1. The van der Waals surface area contributed by atoms with Gasteiger partial charge in [0.2, 0.25) is 0 Å². The van der Waals surface area contributed by atoms with Crippen LogP contribution < -0.4 is 4.90 Å². The third kappa shape index (κ3) is 4.06. The molecule has 0 atom stereocenters. The van der Waals surface area contributed by atoms with Crippen LogP contribution in [0.3, 0.4) is 0 Å². The van der Waals surface area contributed by atoms with Crippen molar-refractivity contribution in [3.05, 3.63) is 69.4 Å². The van der Waals surface area contributed by atoms with Crippen LogP contribution in [0, 0.1) is 20.8 Å². The van der Waals surface area contributed by atoms with E-state index in [9.17, 15) is 14.7 Å². The summed E-state index contributed by atoms with van der Waals surface area (Å²) in [6.07, 6.45) is 0. The van der Waals surface area contributed by atoms with E-state index in [1.807, 2.05) is 49.9 Å². The number of halogens is 1. The van der Waals surface area contributed by atoms with Crippen LogP contribution in [0.2, 0.25) is 5.02 Å². The highest BCUT2D eigenvalue weighted by Gasteiger charge is 2.43. The van der Waals surface area contributed by atoms with Gasteiger partial charge in [-0.1, -0.05) is 41.4 Å². The van der Waals surface area contributed by atoms with Gasteiger partial charge >= 0.3 is 0 Å². The van der Waals surface area contributed by atoms with Crippen molar-refractivity contribution >= 4 is 34.7 Å². The molecule has 0 aromatic heterocycles. The molecule has 2 aromatic rings. The van der Waals surface area contributed by atoms with E-state index in [1.54, 1.807) is 12.1 Å². The zero-order valence-electron chi connectivity index (χ0n) is 18.7. The quantitative estimate of drug-likeness (QED) is 0.704. The average Bonchev–Trinajstić information content (AvgIpc) is 3.01. The van der Waals surface area contributed by atoms with Gasteiger partial charge in [-0.3, -0.25) is 14.5 Å². The zero-order chi connectivity index (χ0) is 23.0. The number of amides is 2. The first kappa shape index (κ1) is 22.5. The van der Waals surface area contributed by atoms with E-state index in [0.717, 1.165) is 35.3 Å². The van der Waals surface area contributed by atoms with Crippen molar-refractivity contribution in [1.29, 1.82) is 0 Å². The third-order valence-corrected chi connectivity index (χ3v) is 6.64. The van der Waals surface area contributed by atoms with Gasteiger partial charge in [0.15, 0.2) is 0 Å². The fraction of sp³-hybridized carbons (Fsp3) is 0.360. The largest absolute Gasteiger partial charge is 0.395 e. The second kappa shape index (κ2) is 9.06. The predicted octanol–water partition coefficient (Wildman–Crippen LogP) is 3.16. The number of aryl methyl sites for hydroxylation is 3. The van der Waals surface area contributed by atoms with Crippen LogP contribution in [-0.2, 0) is 9.59 Å². The lowest BCUT2D eigenvalue weighted by Gasteiger charge is -2.36. The number of carbonyl (C=O) groups excluding carboxylic acids is 2. The Morgan fingerprint density at radius 3 is 2.25 bits per heavy atom. The Morgan fingerprint density at radius 1 is 0.906 bits per heavy atom. The molecule has 1 N–H and O–H groups in total. The number of imide groups is 1. The van der Waals surface area contributed by atoms with Crippen LogP contribution in [0.4, 0.5) is 5.69 Å². The van der Waals surface area contributed by atoms with E-state index in [2.05, 4.69) is 4.90 Å². The lowest BCUT2D eigenvalue weighted by molar-refractivity contribution is -0.120. The summed E-state index contributed by atoms with van der Waals surface area (Å²) < 4.78 is 0. The molecular weight excluding hydrogens is 426 g/mol. The van der Waals surface area contributed by atoms with Crippen molar-refractivity contribution in [2.24, 2.45) is 0 Å². The molecule has 0 aliphatic carbocycles. The second-order valence-corrected chi connectivity index (χ2v) is 8.88. The number of rotatable bonds is 5. The number of hydrogen-bond donors (Lipinski definition) is 1. The van der Waals surface area contributed by atoms with E-state index in [1.165, 1.54) is 4.90 Å². The zero-order valence-corrected chi connectivity index (χ0v) is 19.4. The maximum Gasteiger partial charge on any atom is 0.282 e. The average molecular weight is 454 g/mol. The first-order valence-electron chi connectivity index (χ1n) is 10.9. The molecule has 0 radical (unpaired) electrons. The van der Waals surface area contributed by atoms with Crippen LogP contribution >= 0.6 is 11.6 Å². The van der Waals surface area contributed by atoms with Crippen LogP contribution in [0.15, 0.2) is 42.1 Å². The monoisotopic (exact) mass is 453 g/mol. The Kier molecular flexibility index (Phi) is 6.38. The van der Waals surface area contributed by atoms with Gasteiger partial charge in [0.1, 0.15) is 5.70 Å². The van der Waals surface area contributed by atoms with Gasteiger partial charge in [-0.15, -0.1) is 0 Å². The van der Waals surface area contributed by atoms with Gasteiger partial charge < -0.3 is 10.0 Å². The molecule has 2 aromatic carbocycles. The Balaban J connectivity index is 1.78. The molecule has 2 heterocycles. The van der Waals surface area contributed by atoms with Crippen molar-refractivity contribution in [1.82, 2.24) is 9.80 Å². The van der Waals surface area contributed by atoms with E-state index >= 15 is 0 Å². The number of β-amino-alcohol motifs (C(OH)–C–C–N with tert-alkyl or cyclic N) is 1. The van der Waals surface area contributed by atoms with Crippen LogP contribution in [0.5, 0.6) is 0 Å². The van der Waals surface area contributed by atoms with Crippen molar-refractivity contribution in [2.45, 2.75) is 20.8 Å². The maximum absolute atomic E-state index is 13.7. The van der Waals surface area contributed by atoms with Gasteiger partial charge in [0.05, 0.1) is 17.9 Å². The molecule has 168 valence electrons. The van der Waals surface area contributed by atoms with Crippen molar-refractivity contribution in [3.63, 3.8) is 0 Å². The Morgan fingerprint density at radius 2 is 1.62 bits per heavy atom. The smallest absolute Gasteiger partial charge is 0.282 e. The number of piperazine rings is 1. The molecule has 2 aliphatic heterocycles. The fourth-order valence-corrected chi connectivity index (χ4v) is 4.62. The minimum Gasteiger partial charge on any atom is -0.395 e. The molecular formula is C25H28ClN3O3. The van der Waals surface area contributed by atoms with Gasteiger partial charge in [0, 0.05) is 37.7 Å². The molecule has 4 rings (SSSR count). The summed E-state index contributed by atoms with van der Waals surface area (Å²) in [5.41, 5.74) is 5.10. The first-order valence-corrected chi connectivity index (χ1v) is 11.2. The van der Waals surface area contributed by atoms with Crippen LogP contribution in [0.1, 0.15) is 22.3 Å². The highest BCUT2D eigenvalue weighted by molar-refractivity contribution is 6.45. The topological polar surface area (TPSA) is 64.1 Å². The molecule has 0 bridgehead atoms. The summed E-state index contributed by atoms with van der Waals surface area (Å²) in [4.78, 5) is 32.8. The first-order chi connectivity index (χ1) is 15.3. The lowest BCUT2D eigenvalue weighted by Crippen LogP contribution is -2.48. The molecule has 2 aliphatic rings. The number of benzene rings is 2. The molecule has 7 heteroatoms. The standard InChI is InChI=1S/C25H28ClN3O3/c1-16-4-7-20(18(3)14-16)22-23(28-10-8-27(9-11-28)12-13-30)25(32)29(24(22)31)19-6-5-17(2)21(26)15-19/h4-7,14-15,30H,8-13H2,1-3H3. The molecule has 1 saturated heterocycles. The number of aliphatic hydroxyl groups excluding tert-OH is 1. The van der Waals surface area contributed by atoms with Gasteiger partial charge in [0.25, 0.3) is 11.8 Å². The van der Waals surface area contributed by atoms with Crippen molar-refractivity contribution in [2.75, 3.05) is 44.2 Å². The Bertz CT molecular complexity index is 1100. The van der Waals surface area contributed by atoms with Gasteiger partial charge in [-0.2, -0.15) is 0 Å². The Labute approximate surface area is 193 Å². The summed E-state index contributed by atoms with van der Waals surface area (Å²) in [5.74, 6) is -0.643. The van der Waals surface area contributed by atoms with Gasteiger partial charge in [-0.25, -0.2) is 4.90 Å². The third-order valence-electron chi connectivity index (χ3n) is 6.23. The lowest BCUT2D eigenvalue weighted by atomic mass is 9.97. The molecule has 0 saturated carbocycles. The van der Waals surface area contributed by atoms with E-state index in [-0.39, 0.29) is 18.4 Å². The Hall–Kier alpha value is -2.67. The summed E-state index contributed by atoms with van der Waals surface area (Å²) in [6.45, 7) is 9.26. The van der Waals surface area contributed by atoms with E-state index in [0.29, 0.717) is 41.6 Å². The maximum atomic E-state index is 13.7. The highest BCUT2D eigenvalue weighted by atomic mass is 35.5. The molecule has 2 amide bonds. The van der Waals surface area contributed by atoms with E-state index in [4.69, 9.17) is 11.6 Å². The molecule has 6 nitrogen and oxygen atoms in total. The van der Waals surface area contributed by atoms with Crippen molar-refractivity contribution in [3.8, 4) is 0 Å². The second-order valence-electron chi connectivity index (χ2n) is 8.47. The van der Waals surface area contributed by atoms with E-state index < -0.39 is 0 Å². The minimum absolute atomic E-state index is 0.107.